The van der Waals surface area contributed by atoms with Crippen LogP contribution in [0.15, 0.2) is 60.8 Å². The SMILES string of the molecule is CN(C)CCc1ccc(Nc2c(C(=O)C3CC3)cnc3ccc(-c4cc(Cl)c(O)c(Cl)c4)cc23)cc1.Cl.Cl. The minimum absolute atomic E-state index is 0. The lowest BCUT2D eigenvalue weighted by Gasteiger charge is -2.16. The zero-order valence-corrected chi connectivity index (χ0v) is 24.1. The summed E-state index contributed by atoms with van der Waals surface area (Å²) in [6, 6.07) is 17.5. The van der Waals surface area contributed by atoms with E-state index in [0.717, 1.165) is 59.2 Å². The number of hydrogen-bond acceptors (Lipinski definition) is 5. The zero-order valence-electron chi connectivity index (χ0n) is 21.0. The van der Waals surface area contributed by atoms with Crippen LogP contribution in [-0.2, 0) is 6.42 Å². The van der Waals surface area contributed by atoms with E-state index in [1.165, 1.54) is 5.56 Å². The molecule has 5 nitrogen and oxygen atoms in total. The Labute approximate surface area is 245 Å². The van der Waals surface area contributed by atoms with Crippen molar-refractivity contribution in [2.45, 2.75) is 19.3 Å². The normalized spacial score (nSPS) is 12.7. The first-order valence-electron chi connectivity index (χ1n) is 12.0. The molecule has 3 aromatic carbocycles. The molecule has 9 heteroatoms. The number of phenols is 1. The monoisotopic (exact) mass is 591 g/mol. The molecule has 1 aliphatic carbocycles. The molecule has 1 aromatic heterocycles. The lowest BCUT2D eigenvalue weighted by atomic mass is 9.98. The molecule has 0 atom stereocenters. The maximum atomic E-state index is 13.2. The van der Waals surface area contributed by atoms with Gasteiger partial charge in [0.1, 0.15) is 0 Å². The van der Waals surface area contributed by atoms with Gasteiger partial charge in [-0.3, -0.25) is 9.78 Å². The molecule has 5 rings (SSSR count). The summed E-state index contributed by atoms with van der Waals surface area (Å²) in [6.45, 7) is 0.982. The van der Waals surface area contributed by atoms with E-state index >= 15 is 0 Å². The van der Waals surface area contributed by atoms with E-state index in [1.54, 1.807) is 18.3 Å². The molecule has 0 aliphatic heterocycles. The Morgan fingerprint density at radius 3 is 2.26 bits per heavy atom. The number of likely N-dealkylation sites (N-methyl/N-ethyl adjacent to an activating group) is 1. The molecule has 0 saturated heterocycles. The Kier molecular flexibility index (Phi) is 9.91. The number of aromatic nitrogens is 1. The number of nitrogens with zero attached hydrogens (tertiary/aromatic N) is 2. The molecule has 38 heavy (non-hydrogen) atoms. The molecule has 200 valence electrons. The second-order valence-electron chi connectivity index (χ2n) is 9.58. The van der Waals surface area contributed by atoms with Crippen molar-refractivity contribution in [3.63, 3.8) is 0 Å². The number of Topliss-reactive ketones (excluding diaryl/α,β-unsaturated/α-hetero) is 1. The predicted octanol–water partition coefficient (Wildman–Crippen LogP) is 8.20. The van der Waals surface area contributed by atoms with Gasteiger partial charge in [0.05, 0.1) is 26.8 Å². The van der Waals surface area contributed by atoms with Crippen molar-refractivity contribution in [2.24, 2.45) is 5.92 Å². The first-order valence-corrected chi connectivity index (χ1v) is 12.7. The third-order valence-electron chi connectivity index (χ3n) is 6.50. The van der Waals surface area contributed by atoms with Gasteiger partial charge in [0.2, 0.25) is 0 Å². The number of pyridine rings is 1. The summed E-state index contributed by atoms with van der Waals surface area (Å²) in [5, 5.41) is 14.7. The molecule has 1 saturated carbocycles. The van der Waals surface area contributed by atoms with Gasteiger partial charge in [0.25, 0.3) is 0 Å². The largest absolute Gasteiger partial charge is 0.505 e. The number of ketones is 1. The van der Waals surface area contributed by atoms with Crippen molar-refractivity contribution in [3.05, 3.63) is 82.0 Å². The fraction of sp³-hybridized carbons (Fsp3) is 0.241. The lowest BCUT2D eigenvalue weighted by molar-refractivity contribution is 0.0968. The molecule has 0 unspecified atom stereocenters. The fourth-order valence-corrected chi connectivity index (χ4v) is 4.73. The Balaban J connectivity index is 0.00000200. The summed E-state index contributed by atoms with van der Waals surface area (Å²) >= 11 is 12.4. The van der Waals surface area contributed by atoms with Crippen molar-refractivity contribution in [2.75, 3.05) is 26.0 Å². The van der Waals surface area contributed by atoms with Gasteiger partial charge >= 0.3 is 0 Å². The first-order chi connectivity index (χ1) is 17.3. The van der Waals surface area contributed by atoms with Crippen molar-refractivity contribution >= 4 is 76.1 Å². The molecule has 0 amide bonds. The summed E-state index contributed by atoms with van der Waals surface area (Å²) in [4.78, 5) is 20.0. The Hall–Kier alpha value is -2.54. The summed E-state index contributed by atoms with van der Waals surface area (Å²) < 4.78 is 0. The van der Waals surface area contributed by atoms with Crippen molar-refractivity contribution in [1.82, 2.24) is 9.88 Å². The van der Waals surface area contributed by atoms with Crippen molar-refractivity contribution in [3.8, 4) is 16.9 Å². The van der Waals surface area contributed by atoms with Gasteiger partial charge in [-0.15, -0.1) is 24.8 Å². The number of hydrogen-bond donors (Lipinski definition) is 2. The van der Waals surface area contributed by atoms with Crippen molar-refractivity contribution in [1.29, 1.82) is 0 Å². The third-order valence-corrected chi connectivity index (χ3v) is 7.08. The molecule has 4 aromatic rings. The number of rotatable bonds is 8. The molecule has 0 radical (unpaired) electrons. The predicted molar refractivity (Wildman–Crippen MR) is 162 cm³/mol. The molecular formula is C29H29Cl4N3O2. The maximum absolute atomic E-state index is 13.2. The van der Waals surface area contributed by atoms with Crippen LogP contribution in [0.2, 0.25) is 10.0 Å². The highest BCUT2D eigenvalue weighted by molar-refractivity contribution is 6.37. The number of nitrogens with one attached hydrogen (secondary N) is 1. The molecule has 1 aliphatic rings. The van der Waals surface area contributed by atoms with Gasteiger partial charge in [-0.2, -0.15) is 0 Å². The summed E-state index contributed by atoms with van der Waals surface area (Å²) in [7, 11) is 4.13. The lowest BCUT2D eigenvalue weighted by Crippen LogP contribution is -2.14. The van der Waals surface area contributed by atoms with Crippen LogP contribution in [-0.4, -0.2) is 41.4 Å². The molecular weight excluding hydrogens is 564 g/mol. The van der Waals surface area contributed by atoms with Crippen LogP contribution in [0.25, 0.3) is 22.0 Å². The van der Waals surface area contributed by atoms with Crippen LogP contribution in [0.1, 0.15) is 28.8 Å². The van der Waals surface area contributed by atoms with Gasteiger partial charge in [-0.05, 0) is 86.4 Å². The van der Waals surface area contributed by atoms with E-state index in [9.17, 15) is 9.90 Å². The molecule has 0 spiro atoms. The number of halogens is 4. The number of fused-ring (bicyclic) bond motifs is 1. The quantitative estimate of drug-likeness (QED) is 0.202. The smallest absolute Gasteiger partial charge is 0.169 e. The van der Waals surface area contributed by atoms with Crippen LogP contribution in [0.5, 0.6) is 5.75 Å². The van der Waals surface area contributed by atoms with Crippen LogP contribution >= 0.6 is 48.0 Å². The average Bonchev–Trinajstić information content (AvgIpc) is 3.72. The van der Waals surface area contributed by atoms with Crippen LogP contribution < -0.4 is 5.32 Å². The van der Waals surface area contributed by atoms with Crippen LogP contribution in [0.3, 0.4) is 0 Å². The number of aromatic hydroxyl groups is 1. The molecule has 1 fully saturated rings. The second-order valence-corrected chi connectivity index (χ2v) is 10.4. The zero-order chi connectivity index (χ0) is 25.4. The summed E-state index contributed by atoms with van der Waals surface area (Å²) in [5.74, 6) is 0.0463. The van der Waals surface area contributed by atoms with Crippen molar-refractivity contribution < 1.29 is 9.90 Å². The Bertz CT molecular complexity index is 1430. The average molecular weight is 593 g/mol. The topological polar surface area (TPSA) is 65.5 Å². The van der Waals surface area contributed by atoms with Crippen LogP contribution in [0, 0.1) is 5.92 Å². The number of anilines is 2. The number of phenolic OH excluding ortho intramolecular Hbond substituents is 1. The molecule has 0 bridgehead atoms. The van der Waals surface area contributed by atoms with Gasteiger partial charge in [-0.25, -0.2) is 0 Å². The van der Waals surface area contributed by atoms with Gasteiger partial charge < -0.3 is 15.3 Å². The van der Waals surface area contributed by atoms with Gasteiger partial charge in [0, 0.05) is 29.7 Å². The maximum Gasteiger partial charge on any atom is 0.169 e. The van der Waals surface area contributed by atoms with E-state index in [-0.39, 0.29) is 52.3 Å². The minimum Gasteiger partial charge on any atom is -0.505 e. The number of carbonyl (C=O) groups is 1. The van der Waals surface area contributed by atoms with E-state index < -0.39 is 0 Å². The number of benzene rings is 3. The molecule has 1 heterocycles. The van der Waals surface area contributed by atoms with Gasteiger partial charge in [-0.1, -0.05) is 41.4 Å². The molecule has 2 N–H and O–H groups in total. The highest BCUT2D eigenvalue weighted by Gasteiger charge is 2.32. The number of carbonyl (C=O) groups excluding carboxylic acids is 1. The fourth-order valence-electron chi connectivity index (χ4n) is 4.24. The van der Waals surface area contributed by atoms with E-state index in [0.29, 0.717) is 5.56 Å². The Morgan fingerprint density at radius 1 is 1.00 bits per heavy atom. The van der Waals surface area contributed by atoms with E-state index in [2.05, 4.69) is 41.4 Å². The summed E-state index contributed by atoms with van der Waals surface area (Å²) in [6.07, 6.45) is 4.49. The van der Waals surface area contributed by atoms with E-state index in [4.69, 9.17) is 23.2 Å². The highest BCUT2D eigenvalue weighted by Crippen LogP contribution is 2.40. The Morgan fingerprint density at radius 2 is 1.66 bits per heavy atom. The van der Waals surface area contributed by atoms with Gasteiger partial charge in [0.15, 0.2) is 11.5 Å². The highest BCUT2D eigenvalue weighted by atomic mass is 35.5. The van der Waals surface area contributed by atoms with Crippen LogP contribution in [0.4, 0.5) is 11.4 Å². The minimum atomic E-state index is -0.141. The first kappa shape index (κ1) is 30.0. The summed E-state index contributed by atoms with van der Waals surface area (Å²) in [5.41, 5.74) is 5.89. The van der Waals surface area contributed by atoms with E-state index in [1.807, 2.05) is 30.3 Å². The standard InChI is InChI=1S/C29H27Cl2N3O2.2ClH/c1-34(2)12-11-17-3-8-21(9-4-17)33-27-22-13-19(20-14-24(30)29(36)25(31)15-20)7-10-26(22)32-16-23(27)28(35)18-5-6-18;;/h3-4,7-10,13-16,18,36H,5-6,11-12H2,1-2H3,(H,32,33);2*1H. The third kappa shape index (κ3) is 6.53. The second kappa shape index (κ2) is 12.5.